The maximum Gasteiger partial charge on any atom is 0.191 e. The van der Waals surface area contributed by atoms with E-state index in [0.29, 0.717) is 19.4 Å². The predicted octanol–water partition coefficient (Wildman–Crippen LogP) is 2.53. The third-order valence-corrected chi connectivity index (χ3v) is 10.5. The molecule has 1 fully saturated rings. The van der Waals surface area contributed by atoms with E-state index in [9.17, 15) is 15.3 Å². The largest absolute Gasteiger partial charge is 0.416 e. The van der Waals surface area contributed by atoms with Gasteiger partial charge in [-0.05, 0) is 37.9 Å². The van der Waals surface area contributed by atoms with Crippen LogP contribution in [0.4, 0.5) is 0 Å². The average molecular weight is 319 g/mol. The first-order valence-corrected chi connectivity index (χ1v) is 10.8. The lowest BCUT2D eigenvalue weighted by Gasteiger charge is -2.52. The first kappa shape index (κ1) is 19.1. The Morgan fingerprint density at radius 1 is 1.24 bits per heavy atom. The van der Waals surface area contributed by atoms with Gasteiger partial charge in [0.25, 0.3) is 0 Å². The molecule has 0 unspecified atom stereocenters. The van der Waals surface area contributed by atoms with Crippen LogP contribution >= 0.6 is 0 Å². The molecule has 1 rings (SSSR count). The Morgan fingerprint density at radius 3 is 2.19 bits per heavy atom. The second kappa shape index (κ2) is 5.93. The zero-order valence-corrected chi connectivity index (χ0v) is 15.7. The first-order chi connectivity index (χ1) is 9.28. The van der Waals surface area contributed by atoms with Gasteiger partial charge in [0.15, 0.2) is 8.32 Å². The van der Waals surface area contributed by atoms with E-state index < -0.39 is 25.4 Å². The molecule has 5 heteroatoms. The zero-order valence-electron chi connectivity index (χ0n) is 14.7. The van der Waals surface area contributed by atoms with Crippen molar-refractivity contribution in [3.05, 3.63) is 0 Å². The number of rotatable bonds is 4. The molecule has 0 aromatic rings. The summed E-state index contributed by atoms with van der Waals surface area (Å²) in [6, 6.07) is 0. The molecule has 0 spiro atoms. The van der Waals surface area contributed by atoms with Gasteiger partial charge < -0.3 is 19.7 Å². The minimum Gasteiger partial charge on any atom is -0.416 e. The van der Waals surface area contributed by atoms with Crippen LogP contribution in [0.1, 0.15) is 47.5 Å². The molecule has 1 saturated carbocycles. The van der Waals surface area contributed by atoms with Gasteiger partial charge in [-0.25, -0.2) is 0 Å². The fourth-order valence-corrected chi connectivity index (χ4v) is 3.99. The summed E-state index contributed by atoms with van der Waals surface area (Å²) in [5.74, 6) is -0.270. The summed E-state index contributed by atoms with van der Waals surface area (Å²) in [5.41, 5.74) is -1.64. The van der Waals surface area contributed by atoms with E-state index in [0.717, 1.165) is 0 Å². The topological polar surface area (TPSA) is 69.9 Å². The van der Waals surface area contributed by atoms with Crippen molar-refractivity contribution in [2.75, 3.05) is 13.2 Å². The van der Waals surface area contributed by atoms with Crippen LogP contribution in [-0.4, -0.2) is 48.6 Å². The summed E-state index contributed by atoms with van der Waals surface area (Å²) >= 11 is 0. The minimum absolute atomic E-state index is 0.0990. The fourth-order valence-electron chi connectivity index (χ4n) is 2.97. The van der Waals surface area contributed by atoms with Crippen molar-refractivity contribution in [3.8, 4) is 0 Å². The molecule has 21 heavy (non-hydrogen) atoms. The van der Waals surface area contributed by atoms with Crippen LogP contribution in [0.25, 0.3) is 0 Å². The van der Waals surface area contributed by atoms with Gasteiger partial charge in [-0.2, -0.15) is 0 Å². The molecule has 0 saturated heterocycles. The SMILES string of the molecule is CC(C)(C)[Si](C)(C)OC[C@H]1[C@](C)(CO)[C@@H](O)CC[C@]1(C)O. The monoisotopic (exact) mass is 318 g/mol. The molecule has 0 bridgehead atoms. The van der Waals surface area contributed by atoms with Gasteiger partial charge in [0, 0.05) is 17.9 Å². The van der Waals surface area contributed by atoms with Crippen molar-refractivity contribution in [2.45, 2.75) is 77.3 Å². The Kier molecular flexibility index (Phi) is 5.39. The molecular formula is C16H34O4Si. The Hall–Kier alpha value is 0.0569. The van der Waals surface area contributed by atoms with E-state index in [1.165, 1.54) is 0 Å². The van der Waals surface area contributed by atoms with Crippen molar-refractivity contribution in [3.63, 3.8) is 0 Å². The standard InChI is InChI=1S/C16H34O4Si/c1-14(2,3)21(6,7)20-10-12-15(4,11-17)13(18)8-9-16(12,5)19/h12-13,17-19H,8-11H2,1-7H3/t12-,13-,15-,16-/m0/s1. The van der Waals surface area contributed by atoms with E-state index in [2.05, 4.69) is 33.9 Å². The first-order valence-electron chi connectivity index (χ1n) is 7.93. The lowest BCUT2D eigenvalue weighted by Crippen LogP contribution is -2.59. The molecule has 0 heterocycles. The minimum atomic E-state index is -1.92. The summed E-state index contributed by atoms with van der Waals surface area (Å²) in [7, 11) is -1.92. The van der Waals surface area contributed by atoms with Gasteiger partial charge in [-0.3, -0.25) is 0 Å². The normalized spacial score (nSPS) is 38.6. The van der Waals surface area contributed by atoms with Crippen molar-refractivity contribution >= 4 is 8.32 Å². The summed E-state index contributed by atoms with van der Waals surface area (Å²) in [5, 5.41) is 30.9. The summed E-state index contributed by atoms with van der Waals surface area (Å²) < 4.78 is 6.27. The number of aliphatic hydroxyl groups is 3. The molecular weight excluding hydrogens is 284 g/mol. The van der Waals surface area contributed by atoms with Crippen LogP contribution in [0.3, 0.4) is 0 Å². The van der Waals surface area contributed by atoms with Crippen molar-refractivity contribution in [2.24, 2.45) is 11.3 Å². The second-order valence-corrected chi connectivity index (χ2v) is 13.5. The Morgan fingerprint density at radius 2 is 1.76 bits per heavy atom. The molecule has 4 atom stereocenters. The number of hydrogen-bond acceptors (Lipinski definition) is 4. The van der Waals surface area contributed by atoms with E-state index in [-0.39, 0.29) is 17.6 Å². The van der Waals surface area contributed by atoms with E-state index >= 15 is 0 Å². The molecule has 0 amide bonds. The highest BCUT2D eigenvalue weighted by atomic mass is 28.4. The van der Waals surface area contributed by atoms with Crippen LogP contribution < -0.4 is 0 Å². The van der Waals surface area contributed by atoms with Crippen LogP contribution in [0.2, 0.25) is 18.1 Å². The molecule has 0 aliphatic heterocycles. The Bertz CT molecular complexity index is 362. The highest BCUT2D eigenvalue weighted by molar-refractivity contribution is 6.74. The number of aliphatic hydroxyl groups excluding tert-OH is 2. The second-order valence-electron chi connectivity index (χ2n) is 8.70. The summed E-state index contributed by atoms with van der Waals surface area (Å²) in [4.78, 5) is 0. The van der Waals surface area contributed by atoms with Gasteiger partial charge in [0.1, 0.15) is 0 Å². The average Bonchev–Trinajstić information content (AvgIpc) is 2.32. The molecule has 0 aromatic carbocycles. The lowest BCUT2D eigenvalue weighted by molar-refractivity contribution is -0.175. The highest BCUT2D eigenvalue weighted by Crippen LogP contribution is 2.47. The molecule has 1 aliphatic rings. The van der Waals surface area contributed by atoms with Crippen LogP contribution in [0.15, 0.2) is 0 Å². The maximum atomic E-state index is 10.7. The van der Waals surface area contributed by atoms with Crippen molar-refractivity contribution in [1.82, 2.24) is 0 Å². The van der Waals surface area contributed by atoms with Crippen LogP contribution in [0.5, 0.6) is 0 Å². The lowest BCUT2D eigenvalue weighted by atomic mass is 9.60. The van der Waals surface area contributed by atoms with Gasteiger partial charge in [0.2, 0.25) is 0 Å². The van der Waals surface area contributed by atoms with Gasteiger partial charge in [-0.1, -0.05) is 27.7 Å². The molecule has 126 valence electrons. The predicted molar refractivity (Wildman–Crippen MR) is 87.7 cm³/mol. The van der Waals surface area contributed by atoms with Crippen LogP contribution in [0, 0.1) is 11.3 Å². The smallest absolute Gasteiger partial charge is 0.191 e. The van der Waals surface area contributed by atoms with Crippen molar-refractivity contribution in [1.29, 1.82) is 0 Å². The Labute approximate surface area is 130 Å². The fraction of sp³-hybridized carbons (Fsp3) is 1.00. The molecule has 0 aromatic heterocycles. The van der Waals surface area contributed by atoms with Crippen LogP contribution in [-0.2, 0) is 4.43 Å². The van der Waals surface area contributed by atoms with E-state index in [4.69, 9.17) is 4.43 Å². The Balaban J connectivity index is 2.96. The molecule has 4 nitrogen and oxygen atoms in total. The van der Waals surface area contributed by atoms with E-state index in [1.54, 1.807) is 6.92 Å². The number of hydrogen-bond donors (Lipinski definition) is 3. The zero-order chi connectivity index (χ0) is 16.7. The van der Waals surface area contributed by atoms with E-state index in [1.807, 2.05) is 6.92 Å². The van der Waals surface area contributed by atoms with Gasteiger partial charge >= 0.3 is 0 Å². The molecule has 0 radical (unpaired) electrons. The van der Waals surface area contributed by atoms with Crippen molar-refractivity contribution < 1.29 is 19.7 Å². The van der Waals surface area contributed by atoms with Gasteiger partial charge in [-0.15, -0.1) is 0 Å². The third-order valence-electron chi connectivity index (χ3n) is 5.99. The highest BCUT2D eigenvalue weighted by Gasteiger charge is 2.53. The summed E-state index contributed by atoms with van der Waals surface area (Å²) in [6.07, 6.45) is 0.450. The summed E-state index contributed by atoms with van der Waals surface area (Å²) in [6.45, 7) is 14.8. The van der Waals surface area contributed by atoms with Gasteiger partial charge in [0.05, 0.1) is 18.3 Å². The molecule has 1 aliphatic carbocycles. The third kappa shape index (κ3) is 3.70. The maximum absolute atomic E-state index is 10.7. The molecule has 3 N–H and O–H groups in total. The quantitative estimate of drug-likeness (QED) is 0.697.